The fourth-order valence-electron chi connectivity index (χ4n) is 2.82. The molecular formula is C23H19N5O2. The topological polar surface area (TPSA) is 91.4 Å². The SMILES string of the molecule is N#Cc1ccc(C2=NNc3ccccc3OCCCOc3ccccc3N=N2)cc1. The number of hydrazone groups is 1. The minimum absolute atomic E-state index is 0.362. The molecule has 0 aliphatic carbocycles. The molecule has 0 atom stereocenters. The normalized spacial score (nSPS) is 13.8. The molecule has 1 aliphatic heterocycles. The van der Waals surface area contributed by atoms with E-state index in [0.717, 1.165) is 12.1 Å². The molecule has 0 spiro atoms. The number of ether oxygens (including phenoxy) is 2. The smallest absolute Gasteiger partial charge is 0.201 e. The number of nitrogens with one attached hydrogen (secondary N) is 1. The van der Waals surface area contributed by atoms with E-state index in [0.29, 0.717) is 47.4 Å². The molecule has 0 saturated carbocycles. The zero-order chi connectivity index (χ0) is 20.6. The largest absolute Gasteiger partial charge is 0.491 e. The molecule has 0 unspecified atom stereocenters. The van der Waals surface area contributed by atoms with E-state index in [1.807, 2.05) is 48.5 Å². The van der Waals surface area contributed by atoms with Gasteiger partial charge in [-0.1, -0.05) is 24.3 Å². The predicted octanol–water partition coefficient (Wildman–Crippen LogP) is 5.28. The highest BCUT2D eigenvalue weighted by Gasteiger charge is 2.09. The van der Waals surface area contributed by atoms with Crippen LogP contribution in [-0.2, 0) is 0 Å². The summed E-state index contributed by atoms with van der Waals surface area (Å²) in [4.78, 5) is 0. The van der Waals surface area contributed by atoms with Crippen LogP contribution >= 0.6 is 0 Å². The number of hydrogen-bond donors (Lipinski definition) is 1. The fourth-order valence-corrected chi connectivity index (χ4v) is 2.82. The summed E-state index contributed by atoms with van der Waals surface area (Å²) in [6.07, 6.45) is 0.722. The number of rotatable bonds is 1. The Hall–Kier alpha value is -4.18. The van der Waals surface area contributed by atoms with Gasteiger partial charge >= 0.3 is 0 Å². The Morgan fingerprint density at radius 2 is 1.50 bits per heavy atom. The van der Waals surface area contributed by atoms with E-state index in [9.17, 15) is 0 Å². The Morgan fingerprint density at radius 3 is 2.30 bits per heavy atom. The minimum Gasteiger partial charge on any atom is -0.491 e. The van der Waals surface area contributed by atoms with Crippen molar-refractivity contribution in [3.8, 4) is 17.6 Å². The van der Waals surface area contributed by atoms with Gasteiger partial charge in [-0.15, -0.1) is 10.2 Å². The summed E-state index contributed by atoms with van der Waals surface area (Å²) in [7, 11) is 0. The summed E-state index contributed by atoms with van der Waals surface area (Å²) in [5, 5.41) is 22.2. The van der Waals surface area contributed by atoms with Gasteiger partial charge in [0.1, 0.15) is 17.2 Å². The van der Waals surface area contributed by atoms with Crippen LogP contribution < -0.4 is 14.9 Å². The molecule has 7 nitrogen and oxygen atoms in total. The summed E-state index contributed by atoms with van der Waals surface area (Å²) in [6, 6.07) is 24.1. The van der Waals surface area contributed by atoms with Crippen molar-refractivity contribution < 1.29 is 9.47 Å². The number of hydrogen-bond acceptors (Lipinski definition) is 7. The number of nitrogens with zero attached hydrogens (tertiary/aromatic N) is 4. The number of amidine groups is 1. The fraction of sp³-hybridized carbons (Fsp3) is 0.130. The predicted molar refractivity (Wildman–Crippen MR) is 114 cm³/mol. The Bertz CT molecular complexity index is 1120. The zero-order valence-electron chi connectivity index (χ0n) is 16.2. The quantitative estimate of drug-likeness (QED) is 0.605. The van der Waals surface area contributed by atoms with Crippen LogP contribution in [0.3, 0.4) is 0 Å². The van der Waals surface area contributed by atoms with E-state index in [-0.39, 0.29) is 0 Å². The van der Waals surface area contributed by atoms with E-state index < -0.39 is 0 Å². The Balaban J connectivity index is 1.75. The molecule has 0 aromatic heterocycles. The molecule has 30 heavy (non-hydrogen) atoms. The van der Waals surface area contributed by atoms with Gasteiger partial charge < -0.3 is 9.47 Å². The molecule has 148 valence electrons. The van der Waals surface area contributed by atoms with Gasteiger partial charge in [0.25, 0.3) is 0 Å². The van der Waals surface area contributed by atoms with E-state index >= 15 is 0 Å². The average Bonchev–Trinajstić information content (AvgIpc) is 2.80. The second-order valence-corrected chi connectivity index (χ2v) is 6.45. The first-order valence-corrected chi connectivity index (χ1v) is 9.53. The van der Waals surface area contributed by atoms with Crippen LogP contribution in [0.5, 0.6) is 11.5 Å². The van der Waals surface area contributed by atoms with Gasteiger partial charge in [-0.05, 0) is 48.5 Å². The average molecular weight is 397 g/mol. The molecule has 1 aliphatic rings. The van der Waals surface area contributed by atoms with Crippen LogP contribution in [0.25, 0.3) is 0 Å². The van der Waals surface area contributed by atoms with Gasteiger partial charge in [0.2, 0.25) is 5.84 Å². The van der Waals surface area contributed by atoms with Crippen LogP contribution in [0.15, 0.2) is 88.1 Å². The third kappa shape index (κ3) is 4.62. The Kier molecular flexibility index (Phi) is 5.97. The van der Waals surface area contributed by atoms with Gasteiger partial charge in [-0.2, -0.15) is 10.4 Å². The Morgan fingerprint density at radius 1 is 0.800 bits per heavy atom. The highest BCUT2D eigenvalue weighted by molar-refractivity contribution is 5.99. The molecule has 0 bridgehead atoms. The van der Waals surface area contributed by atoms with Crippen LogP contribution in [-0.4, -0.2) is 19.0 Å². The van der Waals surface area contributed by atoms with Crippen LogP contribution in [0.4, 0.5) is 11.4 Å². The lowest BCUT2D eigenvalue weighted by Crippen LogP contribution is -2.07. The summed E-state index contributed by atoms with van der Waals surface area (Å²) in [6.45, 7) is 1.01. The van der Waals surface area contributed by atoms with Crippen molar-refractivity contribution in [2.45, 2.75) is 6.42 Å². The number of azo groups is 1. The molecule has 4 rings (SSSR count). The molecule has 0 fully saturated rings. The molecule has 3 aromatic carbocycles. The van der Waals surface area contributed by atoms with Crippen LogP contribution in [0.2, 0.25) is 0 Å². The maximum atomic E-state index is 9.05. The molecule has 0 radical (unpaired) electrons. The van der Waals surface area contributed by atoms with Crippen molar-refractivity contribution in [1.29, 1.82) is 5.26 Å². The third-order valence-corrected chi connectivity index (χ3v) is 4.36. The van der Waals surface area contributed by atoms with Crippen molar-refractivity contribution >= 4 is 17.2 Å². The summed E-state index contributed by atoms with van der Waals surface area (Å²) < 4.78 is 11.8. The number of benzene rings is 3. The van der Waals surface area contributed by atoms with Gasteiger partial charge in [0.05, 0.1) is 30.5 Å². The molecular weight excluding hydrogens is 378 g/mol. The summed E-state index contributed by atoms with van der Waals surface area (Å²) in [5.41, 5.74) is 5.63. The first kappa shape index (κ1) is 19.2. The van der Waals surface area contributed by atoms with Crippen molar-refractivity contribution in [3.63, 3.8) is 0 Å². The van der Waals surface area contributed by atoms with Crippen molar-refractivity contribution in [3.05, 3.63) is 83.9 Å². The van der Waals surface area contributed by atoms with Gasteiger partial charge in [-0.3, -0.25) is 5.43 Å². The highest BCUT2D eigenvalue weighted by Crippen LogP contribution is 2.28. The van der Waals surface area contributed by atoms with E-state index in [4.69, 9.17) is 14.7 Å². The van der Waals surface area contributed by atoms with E-state index in [1.165, 1.54) is 0 Å². The number of nitriles is 1. The maximum absolute atomic E-state index is 9.05. The third-order valence-electron chi connectivity index (χ3n) is 4.36. The monoisotopic (exact) mass is 397 g/mol. The lowest BCUT2D eigenvalue weighted by atomic mass is 10.1. The van der Waals surface area contributed by atoms with Crippen molar-refractivity contribution in [2.24, 2.45) is 15.3 Å². The number of fused-ring (bicyclic) bond motifs is 2. The standard InChI is InChI=1S/C23H19N5O2/c24-16-17-10-12-18(13-11-17)23-27-25-19-6-1-3-8-21(19)29-14-5-15-30-22-9-4-2-7-20(22)26-28-23/h1-4,6-13,25H,5,14-15H2. The molecule has 1 heterocycles. The van der Waals surface area contributed by atoms with Gasteiger partial charge in [0, 0.05) is 12.0 Å². The van der Waals surface area contributed by atoms with Crippen LogP contribution in [0, 0.1) is 11.3 Å². The highest BCUT2D eigenvalue weighted by atomic mass is 16.5. The lowest BCUT2D eigenvalue weighted by Gasteiger charge is -2.13. The van der Waals surface area contributed by atoms with Gasteiger partial charge in [0.15, 0.2) is 0 Å². The molecule has 3 aromatic rings. The number of para-hydroxylation sites is 3. The summed E-state index contributed by atoms with van der Waals surface area (Å²) in [5.74, 6) is 1.70. The lowest BCUT2D eigenvalue weighted by molar-refractivity contribution is 0.248. The van der Waals surface area contributed by atoms with Gasteiger partial charge in [-0.25, -0.2) is 0 Å². The van der Waals surface area contributed by atoms with E-state index in [2.05, 4.69) is 26.8 Å². The van der Waals surface area contributed by atoms with Crippen molar-refractivity contribution in [2.75, 3.05) is 18.6 Å². The molecule has 0 amide bonds. The summed E-state index contributed by atoms with van der Waals surface area (Å²) >= 11 is 0. The first-order chi connectivity index (χ1) is 14.8. The molecule has 0 saturated heterocycles. The minimum atomic E-state index is 0.362. The second-order valence-electron chi connectivity index (χ2n) is 6.45. The van der Waals surface area contributed by atoms with Crippen LogP contribution in [0.1, 0.15) is 17.5 Å². The maximum Gasteiger partial charge on any atom is 0.201 e. The van der Waals surface area contributed by atoms with Crippen molar-refractivity contribution in [1.82, 2.24) is 0 Å². The Labute approximate surface area is 174 Å². The molecule has 7 heteroatoms. The van der Waals surface area contributed by atoms with E-state index in [1.54, 1.807) is 24.3 Å². The zero-order valence-corrected chi connectivity index (χ0v) is 16.2. The first-order valence-electron chi connectivity index (χ1n) is 9.53. The number of anilines is 1. The molecule has 1 N–H and O–H groups in total. The second kappa shape index (κ2) is 9.34.